The van der Waals surface area contributed by atoms with Gasteiger partial charge in [-0.25, -0.2) is 18.1 Å². The predicted molar refractivity (Wildman–Crippen MR) is 110 cm³/mol. The van der Waals surface area contributed by atoms with Crippen LogP contribution in [0.4, 0.5) is 5.69 Å². The Morgan fingerprint density at radius 2 is 1.76 bits per heavy atom. The van der Waals surface area contributed by atoms with Crippen molar-refractivity contribution >= 4 is 22.5 Å². The summed E-state index contributed by atoms with van der Waals surface area (Å²) in [6.07, 6.45) is -0.489. The number of nitrogens with one attached hydrogen (secondary N) is 1. The third-order valence-electron chi connectivity index (χ3n) is 4.27. The van der Waals surface area contributed by atoms with Gasteiger partial charge in [-0.2, -0.15) is 0 Å². The number of thiol groups is 1. The Morgan fingerprint density at radius 3 is 2.31 bits per heavy atom. The van der Waals surface area contributed by atoms with Crippen LogP contribution in [0.15, 0.2) is 59.0 Å². The second-order valence-corrected chi connectivity index (χ2v) is 7.35. The van der Waals surface area contributed by atoms with Crippen molar-refractivity contribution in [2.75, 3.05) is 19.0 Å². The zero-order valence-electron chi connectivity index (χ0n) is 15.9. The average Bonchev–Trinajstić information content (AvgIpc) is 3.13. The number of carbonyl (C=O) groups is 1. The van der Waals surface area contributed by atoms with Crippen LogP contribution >= 0.6 is 0 Å². The number of carboxylic acid groups (broad SMARTS) is 1. The van der Waals surface area contributed by atoms with Gasteiger partial charge in [0.25, 0.3) is 0 Å². The monoisotopic (exact) mass is 415 g/mol. The van der Waals surface area contributed by atoms with E-state index in [9.17, 15) is 13.2 Å². The zero-order valence-corrected chi connectivity index (χ0v) is 16.8. The summed E-state index contributed by atoms with van der Waals surface area (Å²) >= 11 is 0. The summed E-state index contributed by atoms with van der Waals surface area (Å²) < 4.78 is 30.4. The highest BCUT2D eigenvalue weighted by molar-refractivity contribution is 7.70. The SMILES string of the molecule is CN(C)c1ccc(-c2oc([C@H](CC(=O)O)N[SH](=O)=O)nc2-c2ccccc2)cc1. The van der Waals surface area contributed by atoms with Crippen molar-refractivity contribution in [2.45, 2.75) is 12.5 Å². The van der Waals surface area contributed by atoms with Crippen LogP contribution in [0.2, 0.25) is 0 Å². The Balaban J connectivity index is 2.11. The Morgan fingerprint density at radius 1 is 1.10 bits per heavy atom. The highest BCUT2D eigenvalue weighted by Gasteiger charge is 2.25. The fourth-order valence-electron chi connectivity index (χ4n) is 2.87. The second-order valence-electron chi connectivity index (χ2n) is 6.57. The van der Waals surface area contributed by atoms with E-state index >= 15 is 0 Å². The highest BCUT2D eigenvalue weighted by atomic mass is 32.2. The number of hydrogen-bond donors (Lipinski definition) is 3. The lowest BCUT2D eigenvalue weighted by Crippen LogP contribution is -2.22. The fraction of sp³-hybridized carbons (Fsp3) is 0.200. The molecule has 0 fully saturated rings. The van der Waals surface area contributed by atoms with Crippen molar-refractivity contribution in [1.29, 1.82) is 0 Å². The molecule has 1 heterocycles. The molecule has 0 aliphatic rings. The summed E-state index contributed by atoms with van der Waals surface area (Å²) in [6, 6.07) is 15.8. The number of benzene rings is 2. The van der Waals surface area contributed by atoms with Gasteiger partial charge in [0.15, 0.2) is 5.76 Å². The molecule has 0 unspecified atom stereocenters. The van der Waals surface area contributed by atoms with Crippen molar-refractivity contribution in [2.24, 2.45) is 0 Å². The summed E-state index contributed by atoms with van der Waals surface area (Å²) in [5.41, 5.74) is 3.03. The maximum atomic E-state index is 11.2. The minimum Gasteiger partial charge on any atom is -0.481 e. The third-order valence-corrected chi connectivity index (χ3v) is 4.80. The molecule has 9 heteroatoms. The predicted octanol–water partition coefficient (Wildman–Crippen LogP) is 2.71. The lowest BCUT2D eigenvalue weighted by Gasteiger charge is -2.12. The number of hydrogen-bond acceptors (Lipinski definition) is 6. The van der Waals surface area contributed by atoms with Gasteiger partial charge in [0.1, 0.15) is 11.7 Å². The number of oxazole rings is 1. The molecule has 8 nitrogen and oxygen atoms in total. The van der Waals surface area contributed by atoms with E-state index in [1.807, 2.05) is 73.6 Å². The maximum absolute atomic E-state index is 11.2. The fourth-order valence-corrected chi connectivity index (χ4v) is 3.33. The Kier molecular flexibility index (Phi) is 6.30. The van der Waals surface area contributed by atoms with Crippen LogP contribution in [0.25, 0.3) is 22.6 Å². The lowest BCUT2D eigenvalue weighted by atomic mass is 10.1. The van der Waals surface area contributed by atoms with Crippen LogP contribution in [0.1, 0.15) is 18.4 Å². The van der Waals surface area contributed by atoms with Crippen molar-refractivity contribution in [3.05, 3.63) is 60.5 Å². The minimum absolute atomic E-state index is 0.00265. The number of anilines is 1. The van der Waals surface area contributed by atoms with E-state index in [0.717, 1.165) is 16.8 Å². The summed E-state index contributed by atoms with van der Waals surface area (Å²) in [4.78, 5) is 17.6. The van der Waals surface area contributed by atoms with Crippen LogP contribution < -0.4 is 9.62 Å². The van der Waals surface area contributed by atoms with Crippen molar-refractivity contribution < 1.29 is 22.7 Å². The first-order valence-corrected chi connectivity index (χ1v) is 9.99. The number of aromatic nitrogens is 1. The molecule has 1 atom stereocenters. The molecule has 152 valence electrons. The molecule has 0 amide bonds. The number of carboxylic acids is 1. The average molecular weight is 415 g/mol. The summed E-state index contributed by atoms with van der Waals surface area (Å²) in [5, 5.41) is 9.14. The van der Waals surface area contributed by atoms with Gasteiger partial charge in [-0.05, 0) is 24.3 Å². The van der Waals surface area contributed by atoms with Crippen molar-refractivity contribution in [1.82, 2.24) is 9.71 Å². The summed E-state index contributed by atoms with van der Waals surface area (Å²) in [5.74, 6) is -0.734. The standard InChI is InChI=1S/C20H21N3O5S/c1-23(2)15-10-8-14(9-11-15)19-18(13-6-4-3-5-7-13)21-20(28-19)16(12-17(24)25)22-29(26)27/h3-11,16,29H,12H2,1-2H3,(H,24,25)(H,22,26,27)/t16-/m0/s1. The van der Waals surface area contributed by atoms with Crippen LogP contribution in [0.5, 0.6) is 0 Å². The smallest absolute Gasteiger partial charge is 0.305 e. The molecule has 3 rings (SSSR count). The first-order valence-electron chi connectivity index (χ1n) is 8.81. The lowest BCUT2D eigenvalue weighted by molar-refractivity contribution is -0.137. The molecule has 0 aliphatic carbocycles. The molecule has 0 spiro atoms. The molecule has 0 radical (unpaired) electrons. The molecule has 0 aliphatic heterocycles. The van der Waals surface area contributed by atoms with Gasteiger partial charge in [0, 0.05) is 30.9 Å². The molecule has 0 bridgehead atoms. The molecule has 0 saturated heterocycles. The maximum Gasteiger partial charge on any atom is 0.305 e. The minimum atomic E-state index is -3.03. The normalized spacial score (nSPS) is 12.1. The third kappa shape index (κ3) is 5.01. The molecule has 1 aromatic heterocycles. The van der Waals surface area contributed by atoms with Gasteiger partial charge in [0.2, 0.25) is 16.8 Å². The molecule has 0 saturated carbocycles. The molecule has 29 heavy (non-hydrogen) atoms. The van der Waals surface area contributed by atoms with Gasteiger partial charge >= 0.3 is 5.97 Å². The molecular formula is C20H21N3O5S. The molecule has 2 aromatic carbocycles. The Bertz CT molecular complexity index is 1050. The first kappa shape index (κ1) is 20.6. The quantitative estimate of drug-likeness (QED) is 0.485. The van der Waals surface area contributed by atoms with Gasteiger partial charge < -0.3 is 14.4 Å². The topological polar surface area (TPSA) is 113 Å². The van der Waals surface area contributed by atoms with Crippen LogP contribution in [0, 0.1) is 0 Å². The van der Waals surface area contributed by atoms with E-state index in [1.54, 1.807) is 0 Å². The van der Waals surface area contributed by atoms with Crippen LogP contribution in [-0.2, 0) is 15.7 Å². The van der Waals surface area contributed by atoms with Gasteiger partial charge in [0.05, 0.1) is 6.42 Å². The van der Waals surface area contributed by atoms with E-state index in [0.29, 0.717) is 11.5 Å². The van der Waals surface area contributed by atoms with Gasteiger partial charge in [-0.15, -0.1) is 0 Å². The van der Waals surface area contributed by atoms with Crippen molar-refractivity contribution in [3.8, 4) is 22.6 Å². The number of rotatable bonds is 8. The molecular weight excluding hydrogens is 394 g/mol. The number of aliphatic carboxylic acids is 1. The van der Waals surface area contributed by atoms with E-state index < -0.39 is 29.3 Å². The van der Waals surface area contributed by atoms with E-state index in [1.165, 1.54) is 0 Å². The van der Waals surface area contributed by atoms with E-state index in [2.05, 4.69) is 9.71 Å². The second kappa shape index (κ2) is 8.89. The Hall–Kier alpha value is -3.17. The van der Waals surface area contributed by atoms with Crippen LogP contribution in [0.3, 0.4) is 0 Å². The molecule has 2 N–H and O–H groups in total. The zero-order chi connectivity index (χ0) is 21.0. The summed E-state index contributed by atoms with van der Waals surface area (Å²) in [7, 11) is 0.834. The van der Waals surface area contributed by atoms with Crippen molar-refractivity contribution in [3.63, 3.8) is 0 Å². The Labute approximate surface area is 169 Å². The number of nitrogens with zero attached hydrogens (tertiary/aromatic N) is 2. The summed E-state index contributed by atoms with van der Waals surface area (Å²) in [6.45, 7) is 0. The highest BCUT2D eigenvalue weighted by Crippen LogP contribution is 2.35. The van der Waals surface area contributed by atoms with Gasteiger partial charge in [-0.1, -0.05) is 30.3 Å². The van der Waals surface area contributed by atoms with Crippen LogP contribution in [-0.4, -0.2) is 38.6 Å². The van der Waals surface area contributed by atoms with E-state index in [4.69, 9.17) is 9.52 Å². The largest absolute Gasteiger partial charge is 0.481 e. The van der Waals surface area contributed by atoms with E-state index in [-0.39, 0.29) is 5.89 Å². The van der Waals surface area contributed by atoms with Gasteiger partial charge in [-0.3, -0.25) is 4.79 Å². The first-order chi connectivity index (χ1) is 13.8. The molecule has 3 aromatic rings.